The number of carbonyl (C=O) groups excluding carboxylic acids is 1. The van der Waals surface area contributed by atoms with Gasteiger partial charge in [-0.2, -0.15) is 5.10 Å². The van der Waals surface area contributed by atoms with Gasteiger partial charge >= 0.3 is 0 Å². The van der Waals surface area contributed by atoms with Crippen molar-refractivity contribution >= 4 is 16.8 Å². The Morgan fingerprint density at radius 1 is 1.31 bits per heavy atom. The lowest BCUT2D eigenvalue weighted by Crippen LogP contribution is -2.38. The van der Waals surface area contributed by atoms with Crippen LogP contribution >= 0.6 is 0 Å². The maximum Gasteiger partial charge on any atom is 0.272 e. The van der Waals surface area contributed by atoms with Crippen molar-refractivity contribution in [2.75, 3.05) is 0 Å². The molecule has 1 saturated carbocycles. The maximum atomic E-state index is 12.7. The van der Waals surface area contributed by atoms with Crippen LogP contribution in [0.1, 0.15) is 65.8 Å². The lowest BCUT2D eigenvalue weighted by atomic mass is 9.81. The molecule has 0 spiro atoms. The quantitative estimate of drug-likeness (QED) is 0.659. The summed E-state index contributed by atoms with van der Waals surface area (Å²) >= 11 is 0. The summed E-state index contributed by atoms with van der Waals surface area (Å²) in [5, 5.41) is 11.7. The SMILES string of the molecule is CCc1[nH]nc(C(=O)N[C@H]2CCC[C@@H](c3c[nH]c4ccccc34)C2)c1C. The van der Waals surface area contributed by atoms with Crippen molar-refractivity contribution < 1.29 is 4.79 Å². The van der Waals surface area contributed by atoms with Crippen LogP contribution in [0.15, 0.2) is 30.5 Å². The molecule has 4 rings (SSSR count). The number of nitrogens with zero attached hydrogens (tertiary/aromatic N) is 1. The van der Waals surface area contributed by atoms with E-state index in [1.807, 2.05) is 6.92 Å². The Kier molecular flexibility index (Phi) is 4.53. The highest BCUT2D eigenvalue weighted by Crippen LogP contribution is 2.36. The van der Waals surface area contributed by atoms with Crippen molar-refractivity contribution in [3.05, 3.63) is 53.0 Å². The Bertz CT molecular complexity index is 923. The van der Waals surface area contributed by atoms with Crippen molar-refractivity contribution in [1.82, 2.24) is 20.5 Å². The molecule has 2 heterocycles. The molecule has 26 heavy (non-hydrogen) atoms. The highest BCUT2D eigenvalue weighted by atomic mass is 16.2. The van der Waals surface area contributed by atoms with E-state index in [1.54, 1.807) is 0 Å². The van der Waals surface area contributed by atoms with Crippen LogP contribution in [0.4, 0.5) is 0 Å². The first-order valence-corrected chi connectivity index (χ1v) is 9.58. The van der Waals surface area contributed by atoms with Crippen LogP contribution in [0.2, 0.25) is 0 Å². The van der Waals surface area contributed by atoms with Gasteiger partial charge in [0.1, 0.15) is 0 Å². The molecular weight excluding hydrogens is 324 g/mol. The largest absolute Gasteiger partial charge is 0.361 e. The molecule has 3 N–H and O–H groups in total. The monoisotopic (exact) mass is 350 g/mol. The van der Waals surface area contributed by atoms with Crippen molar-refractivity contribution in [1.29, 1.82) is 0 Å². The predicted molar refractivity (Wildman–Crippen MR) is 103 cm³/mol. The van der Waals surface area contributed by atoms with E-state index in [0.29, 0.717) is 11.6 Å². The number of hydrogen-bond donors (Lipinski definition) is 3. The molecular formula is C21H26N4O. The molecule has 1 amide bonds. The molecule has 1 aliphatic rings. The number of aromatic nitrogens is 3. The molecule has 2 atom stereocenters. The van der Waals surface area contributed by atoms with Gasteiger partial charge in [0, 0.05) is 34.4 Å². The number of H-pyrrole nitrogens is 2. The Morgan fingerprint density at radius 3 is 2.96 bits per heavy atom. The summed E-state index contributed by atoms with van der Waals surface area (Å²) in [6, 6.07) is 8.66. The fourth-order valence-corrected chi connectivity index (χ4v) is 4.29. The van der Waals surface area contributed by atoms with Crippen LogP contribution in [0.5, 0.6) is 0 Å². The molecule has 1 aromatic carbocycles. The molecule has 0 radical (unpaired) electrons. The number of amides is 1. The summed E-state index contributed by atoms with van der Waals surface area (Å²) in [7, 11) is 0. The third kappa shape index (κ3) is 3.02. The zero-order valence-corrected chi connectivity index (χ0v) is 15.4. The highest BCUT2D eigenvalue weighted by molar-refractivity contribution is 5.94. The van der Waals surface area contributed by atoms with Crippen molar-refractivity contribution in [2.24, 2.45) is 0 Å². The predicted octanol–water partition coefficient (Wildman–Crippen LogP) is 4.22. The summed E-state index contributed by atoms with van der Waals surface area (Å²) in [6.07, 6.45) is 7.33. The van der Waals surface area contributed by atoms with E-state index in [0.717, 1.165) is 36.9 Å². The van der Waals surface area contributed by atoms with Gasteiger partial charge in [-0.1, -0.05) is 31.5 Å². The van der Waals surface area contributed by atoms with E-state index in [9.17, 15) is 4.79 Å². The minimum atomic E-state index is -0.0528. The molecule has 5 nitrogen and oxygen atoms in total. The summed E-state index contributed by atoms with van der Waals surface area (Å²) in [6.45, 7) is 4.03. The van der Waals surface area contributed by atoms with E-state index in [2.05, 4.69) is 57.9 Å². The van der Waals surface area contributed by atoms with Crippen molar-refractivity contribution in [3.8, 4) is 0 Å². The molecule has 5 heteroatoms. The smallest absolute Gasteiger partial charge is 0.272 e. The second-order valence-electron chi connectivity index (χ2n) is 7.35. The number of aryl methyl sites for hydroxylation is 1. The van der Waals surface area contributed by atoms with E-state index in [-0.39, 0.29) is 11.9 Å². The Morgan fingerprint density at radius 2 is 2.15 bits per heavy atom. The molecule has 1 aliphatic carbocycles. The summed E-state index contributed by atoms with van der Waals surface area (Å²) in [4.78, 5) is 16.1. The fraction of sp³-hybridized carbons (Fsp3) is 0.429. The third-order valence-electron chi connectivity index (χ3n) is 5.75. The number of benzene rings is 1. The number of para-hydroxylation sites is 1. The van der Waals surface area contributed by atoms with Crippen molar-refractivity contribution in [2.45, 2.75) is 57.9 Å². The standard InChI is InChI=1S/C21H26N4O/c1-3-18-13(2)20(25-24-18)21(26)23-15-8-6-7-14(11-15)17-12-22-19-10-5-4-9-16(17)19/h4-5,9-10,12,14-15,22H,3,6-8,11H2,1-2H3,(H,23,26)(H,24,25)/t14-,15+/m1/s1. The first-order chi connectivity index (χ1) is 12.7. The number of fused-ring (bicyclic) bond motifs is 1. The van der Waals surface area contributed by atoms with Crippen molar-refractivity contribution in [3.63, 3.8) is 0 Å². The minimum absolute atomic E-state index is 0.0528. The third-order valence-corrected chi connectivity index (χ3v) is 5.75. The van der Waals surface area contributed by atoms with Crippen LogP contribution in [-0.2, 0) is 6.42 Å². The van der Waals surface area contributed by atoms with Gasteiger partial charge < -0.3 is 10.3 Å². The molecule has 3 aromatic rings. The van der Waals surface area contributed by atoms with Crippen LogP contribution in [0, 0.1) is 6.92 Å². The Labute approximate surface area is 153 Å². The van der Waals surface area contributed by atoms with Gasteiger partial charge in [0.05, 0.1) is 0 Å². The number of carbonyl (C=O) groups is 1. The van der Waals surface area contributed by atoms with Crippen LogP contribution in [0.3, 0.4) is 0 Å². The molecule has 1 fully saturated rings. The topological polar surface area (TPSA) is 73.6 Å². The van der Waals surface area contributed by atoms with E-state index in [4.69, 9.17) is 0 Å². The molecule has 136 valence electrons. The van der Waals surface area contributed by atoms with E-state index >= 15 is 0 Å². The van der Waals surface area contributed by atoms with Gasteiger partial charge in [0.2, 0.25) is 0 Å². The Hall–Kier alpha value is -2.56. The molecule has 0 unspecified atom stereocenters. The Balaban J connectivity index is 1.48. The molecule has 0 bridgehead atoms. The van der Waals surface area contributed by atoms with Gasteiger partial charge in [0.25, 0.3) is 5.91 Å². The zero-order valence-electron chi connectivity index (χ0n) is 15.4. The zero-order chi connectivity index (χ0) is 18.1. The average Bonchev–Trinajstić information content (AvgIpc) is 3.25. The summed E-state index contributed by atoms with van der Waals surface area (Å²) < 4.78 is 0. The van der Waals surface area contributed by atoms with Gasteiger partial charge in [-0.05, 0) is 50.2 Å². The number of nitrogens with one attached hydrogen (secondary N) is 3. The maximum absolute atomic E-state index is 12.7. The average molecular weight is 350 g/mol. The first kappa shape index (κ1) is 16.9. The number of aromatic amines is 2. The summed E-state index contributed by atoms with van der Waals surface area (Å²) in [5.74, 6) is 0.430. The normalized spacial score (nSPS) is 20.4. The number of hydrogen-bond acceptors (Lipinski definition) is 2. The second kappa shape index (κ2) is 6.98. The molecule has 0 saturated heterocycles. The number of rotatable bonds is 4. The summed E-state index contributed by atoms with van der Waals surface area (Å²) in [5.41, 5.74) is 5.11. The minimum Gasteiger partial charge on any atom is -0.361 e. The van der Waals surface area contributed by atoms with Gasteiger partial charge in [0.15, 0.2) is 5.69 Å². The molecule has 2 aromatic heterocycles. The lowest BCUT2D eigenvalue weighted by molar-refractivity contribution is 0.0919. The van der Waals surface area contributed by atoms with Crippen LogP contribution in [-0.4, -0.2) is 27.1 Å². The second-order valence-corrected chi connectivity index (χ2v) is 7.35. The fourth-order valence-electron chi connectivity index (χ4n) is 4.29. The van der Waals surface area contributed by atoms with Crippen LogP contribution in [0.25, 0.3) is 10.9 Å². The van der Waals surface area contributed by atoms with Gasteiger partial charge in [-0.25, -0.2) is 0 Å². The van der Waals surface area contributed by atoms with Gasteiger partial charge in [-0.15, -0.1) is 0 Å². The van der Waals surface area contributed by atoms with E-state index < -0.39 is 0 Å². The lowest BCUT2D eigenvalue weighted by Gasteiger charge is -2.29. The van der Waals surface area contributed by atoms with Crippen LogP contribution < -0.4 is 5.32 Å². The van der Waals surface area contributed by atoms with E-state index in [1.165, 1.54) is 22.9 Å². The highest BCUT2D eigenvalue weighted by Gasteiger charge is 2.27. The first-order valence-electron chi connectivity index (χ1n) is 9.58. The molecule has 0 aliphatic heterocycles. The van der Waals surface area contributed by atoms with Gasteiger partial charge in [-0.3, -0.25) is 9.89 Å².